The van der Waals surface area contributed by atoms with E-state index in [0.717, 1.165) is 0 Å². The molecule has 0 aliphatic heterocycles. The van der Waals surface area contributed by atoms with Crippen LogP contribution in [0.25, 0.3) is 0 Å². The molecule has 0 heterocycles. The molecule has 169 valence electrons. The van der Waals surface area contributed by atoms with Gasteiger partial charge in [0, 0.05) is 0 Å². The number of rotatable bonds is 8. The quantitative estimate of drug-likeness (QED) is 0.162. The lowest BCUT2D eigenvalue weighted by Gasteiger charge is -2.39. The minimum atomic E-state index is -7.51. The molecule has 18 nitrogen and oxygen atoms in total. The second-order valence-electron chi connectivity index (χ2n) is 4.70. The van der Waals surface area contributed by atoms with Crippen LogP contribution in [0.5, 0.6) is 0 Å². The van der Waals surface area contributed by atoms with Gasteiger partial charge in [-0.05, 0) is 6.92 Å². The number of hydrogen-bond donors (Lipinski definition) is 6. The SMILES string of the molecule is CC(C([C](S(=O)(=O)O)S(=O)(=O)O)(S(=O)(=O)O)S(=O)(=O)O)(S(=O)(=O)O)S(=O)(=O)O. The zero-order chi connectivity index (χ0) is 23.6. The average molecular weight is 538 g/mol. The highest BCUT2D eigenvalue weighted by Crippen LogP contribution is 2.52. The van der Waals surface area contributed by atoms with Crippen molar-refractivity contribution in [3.63, 3.8) is 0 Å². The van der Waals surface area contributed by atoms with Crippen LogP contribution >= 0.6 is 0 Å². The summed E-state index contributed by atoms with van der Waals surface area (Å²) >= 11 is 0. The highest BCUT2D eigenvalue weighted by molar-refractivity contribution is 8.17. The zero-order valence-corrected chi connectivity index (χ0v) is 17.4. The van der Waals surface area contributed by atoms with E-state index in [0.29, 0.717) is 0 Å². The summed E-state index contributed by atoms with van der Waals surface area (Å²) < 4.78 is 176. The first-order valence-electron chi connectivity index (χ1n) is 5.32. The van der Waals surface area contributed by atoms with Gasteiger partial charge in [-0.3, -0.25) is 27.3 Å². The predicted molar refractivity (Wildman–Crippen MR) is 83.7 cm³/mol. The molecule has 0 aromatic carbocycles. The Kier molecular flexibility index (Phi) is 6.61. The molecule has 0 aliphatic carbocycles. The van der Waals surface area contributed by atoms with E-state index in [2.05, 4.69) is 0 Å². The summed E-state index contributed by atoms with van der Waals surface area (Å²) in [6.07, 6.45) is 0. The Morgan fingerprint density at radius 1 is 0.500 bits per heavy atom. The van der Waals surface area contributed by atoms with E-state index < -0.39 is 80.4 Å². The molecular formula is C4H9O18S6. The van der Waals surface area contributed by atoms with Crippen LogP contribution in [-0.2, 0) is 60.7 Å². The largest absolute Gasteiger partial charge is 0.304 e. The van der Waals surface area contributed by atoms with E-state index in [1.807, 2.05) is 0 Å². The van der Waals surface area contributed by atoms with Gasteiger partial charge in [-0.25, -0.2) is 0 Å². The Balaban J connectivity index is 8.94. The van der Waals surface area contributed by atoms with Gasteiger partial charge in [-0.2, -0.15) is 50.5 Å². The van der Waals surface area contributed by atoms with Gasteiger partial charge in [0.15, 0.2) is 0 Å². The smallest absolute Gasteiger partial charge is 0.284 e. The van der Waals surface area contributed by atoms with E-state index in [4.69, 9.17) is 27.3 Å². The fourth-order valence-electron chi connectivity index (χ4n) is 1.94. The molecule has 1 radical (unpaired) electrons. The maximum absolute atomic E-state index is 11.7. The number of hydrogen-bond acceptors (Lipinski definition) is 12. The molecule has 0 aromatic heterocycles. The van der Waals surface area contributed by atoms with Crippen LogP contribution in [0, 0.1) is 4.58 Å². The first-order valence-corrected chi connectivity index (χ1v) is 14.0. The lowest BCUT2D eigenvalue weighted by atomic mass is 10.3. The van der Waals surface area contributed by atoms with E-state index >= 15 is 0 Å². The summed E-state index contributed by atoms with van der Waals surface area (Å²) in [5.41, 5.74) is 0. The predicted octanol–water partition coefficient (Wildman–Crippen LogP) is -3.78. The summed E-state index contributed by atoms with van der Waals surface area (Å²) in [4.78, 5) is 0. The van der Waals surface area contributed by atoms with Gasteiger partial charge in [-0.1, -0.05) is 0 Å². The summed E-state index contributed by atoms with van der Waals surface area (Å²) in [6.45, 7) is -0.893. The molecule has 24 heteroatoms. The van der Waals surface area contributed by atoms with E-state index in [9.17, 15) is 50.5 Å². The van der Waals surface area contributed by atoms with Crippen molar-refractivity contribution in [2.24, 2.45) is 0 Å². The third-order valence-electron chi connectivity index (χ3n) is 3.05. The second kappa shape index (κ2) is 6.74. The highest BCUT2D eigenvalue weighted by Gasteiger charge is 2.86. The molecule has 28 heavy (non-hydrogen) atoms. The summed E-state index contributed by atoms with van der Waals surface area (Å²) in [6, 6.07) is 0. The van der Waals surface area contributed by atoms with Gasteiger partial charge >= 0.3 is 8.66 Å². The lowest BCUT2D eigenvalue weighted by Crippen LogP contribution is -2.72. The molecular weight excluding hydrogens is 528 g/mol. The Morgan fingerprint density at radius 2 is 0.714 bits per heavy atom. The van der Waals surface area contributed by atoms with E-state index in [1.165, 1.54) is 0 Å². The van der Waals surface area contributed by atoms with Gasteiger partial charge in [0.1, 0.15) is 0 Å². The van der Waals surface area contributed by atoms with E-state index in [1.54, 1.807) is 0 Å². The Morgan fingerprint density at radius 3 is 0.821 bits per heavy atom. The van der Waals surface area contributed by atoms with Crippen LogP contribution in [-0.4, -0.2) is 86.0 Å². The molecule has 0 aromatic rings. The molecule has 0 atom stereocenters. The molecule has 0 bridgehead atoms. The molecule has 6 N–H and O–H groups in total. The summed E-state index contributed by atoms with van der Waals surface area (Å²) in [7, 11) is -43.4. The van der Waals surface area contributed by atoms with Crippen LogP contribution < -0.4 is 0 Å². The molecule has 0 spiro atoms. The van der Waals surface area contributed by atoms with Gasteiger partial charge < -0.3 is 0 Å². The molecule has 0 saturated heterocycles. The fraction of sp³-hybridized carbons (Fsp3) is 0.750. The topological polar surface area (TPSA) is 326 Å². The minimum absolute atomic E-state index is 0.893. The van der Waals surface area contributed by atoms with Crippen molar-refractivity contribution in [2.45, 2.75) is 15.1 Å². The lowest BCUT2D eigenvalue weighted by molar-refractivity contribution is 0.374. The molecule has 0 saturated carbocycles. The van der Waals surface area contributed by atoms with Gasteiger partial charge in [0.05, 0.1) is 0 Å². The standard InChI is InChI=1S/C4H9O18S6/c1-3(25(11,12)13,26(14,15)16)4(27(17,18)19,28(20,21)22)2(23(5,6)7)24(8,9)10/h1H3,(H,5,6,7)(H,8,9,10)(H,11,12,13)(H,14,15,16)(H,17,18,19)(H,20,21,22). The van der Waals surface area contributed by atoms with Crippen LogP contribution in [0.15, 0.2) is 0 Å². The Hall–Kier alpha value is -0.540. The normalized spacial score (nSPS) is 16.3. The van der Waals surface area contributed by atoms with Crippen LogP contribution in [0.4, 0.5) is 0 Å². The highest BCUT2D eigenvalue weighted by atomic mass is 32.3. The maximum atomic E-state index is 11.7. The van der Waals surface area contributed by atoms with Crippen LogP contribution in [0.3, 0.4) is 0 Å². The summed E-state index contributed by atoms with van der Waals surface area (Å²) in [5, 5.41) is 0. The summed E-state index contributed by atoms with van der Waals surface area (Å²) in [5.74, 6) is 0. The third-order valence-corrected chi connectivity index (χ3v) is 14.7. The first kappa shape index (κ1) is 27.5. The minimum Gasteiger partial charge on any atom is -0.284 e. The molecule has 0 unspecified atom stereocenters. The zero-order valence-electron chi connectivity index (χ0n) is 12.5. The average Bonchev–Trinajstić information content (AvgIpc) is 2.24. The van der Waals surface area contributed by atoms with Crippen molar-refractivity contribution in [1.82, 2.24) is 0 Å². The van der Waals surface area contributed by atoms with Crippen molar-refractivity contribution >= 4 is 60.7 Å². The molecule has 0 rings (SSSR count). The molecule has 0 fully saturated rings. The van der Waals surface area contributed by atoms with Gasteiger partial charge in [0.2, 0.25) is 0 Å². The van der Waals surface area contributed by atoms with E-state index in [-0.39, 0.29) is 0 Å². The van der Waals surface area contributed by atoms with Crippen molar-refractivity contribution in [3.05, 3.63) is 4.58 Å². The van der Waals surface area contributed by atoms with Crippen molar-refractivity contribution in [2.75, 3.05) is 0 Å². The van der Waals surface area contributed by atoms with Gasteiger partial charge in [0.25, 0.3) is 64.8 Å². The fourth-order valence-corrected chi connectivity index (χ4v) is 13.8. The maximum Gasteiger partial charge on any atom is 0.304 e. The molecule has 0 amide bonds. The van der Waals surface area contributed by atoms with Gasteiger partial charge in [-0.15, -0.1) is 0 Å². The molecule has 0 aliphatic rings. The van der Waals surface area contributed by atoms with Crippen molar-refractivity contribution in [3.8, 4) is 0 Å². The Labute approximate surface area is 158 Å². The Bertz CT molecular complexity index is 1190. The third kappa shape index (κ3) is 3.90. The second-order valence-corrected chi connectivity index (χ2v) is 14.9. The van der Waals surface area contributed by atoms with Crippen LogP contribution in [0.1, 0.15) is 6.92 Å². The monoisotopic (exact) mass is 537 g/mol. The van der Waals surface area contributed by atoms with Crippen molar-refractivity contribution in [1.29, 1.82) is 0 Å². The van der Waals surface area contributed by atoms with Crippen LogP contribution in [0.2, 0.25) is 0 Å². The van der Waals surface area contributed by atoms with Crippen molar-refractivity contribution < 1.29 is 77.8 Å². The first-order chi connectivity index (χ1) is 11.6.